The molecule has 0 aliphatic carbocycles. The maximum Gasteiger partial charge on any atom is 0.225 e. The van der Waals surface area contributed by atoms with Crippen molar-refractivity contribution in [3.8, 4) is 11.3 Å². The van der Waals surface area contributed by atoms with Crippen molar-refractivity contribution in [3.63, 3.8) is 0 Å². The molecular formula is C18H20N4OS. The van der Waals surface area contributed by atoms with E-state index in [1.807, 2.05) is 49.4 Å². The Hall–Kier alpha value is -2.44. The molecule has 0 saturated carbocycles. The number of nitrogens with zero attached hydrogens (tertiary/aromatic N) is 2. The molecule has 3 rings (SSSR count). The van der Waals surface area contributed by atoms with Crippen LogP contribution in [-0.4, -0.2) is 27.7 Å². The third kappa shape index (κ3) is 4.31. The highest BCUT2D eigenvalue weighted by molar-refractivity contribution is 7.09. The van der Waals surface area contributed by atoms with Crippen LogP contribution in [0.2, 0.25) is 0 Å². The van der Waals surface area contributed by atoms with E-state index in [9.17, 15) is 5.11 Å². The van der Waals surface area contributed by atoms with Gasteiger partial charge in [-0.25, -0.2) is 4.98 Å². The van der Waals surface area contributed by atoms with Gasteiger partial charge in [0.15, 0.2) is 0 Å². The fourth-order valence-electron chi connectivity index (χ4n) is 2.22. The normalized spacial score (nSPS) is 11.9. The summed E-state index contributed by atoms with van der Waals surface area (Å²) >= 11 is 1.71. The van der Waals surface area contributed by atoms with E-state index < -0.39 is 0 Å². The van der Waals surface area contributed by atoms with Gasteiger partial charge in [0.1, 0.15) is 5.82 Å². The predicted molar refractivity (Wildman–Crippen MR) is 99.3 cm³/mol. The minimum Gasteiger partial charge on any atom is -0.394 e. The highest BCUT2D eigenvalue weighted by Gasteiger charge is 2.09. The molecule has 0 saturated heterocycles. The molecule has 1 aromatic carbocycles. The molecule has 2 aromatic heterocycles. The second-order valence-corrected chi connectivity index (χ2v) is 6.52. The number of benzene rings is 1. The summed E-state index contributed by atoms with van der Waals surface area (Å²) in [5, 5.41) is 17.8. The van der Waals surface area contributed by atoms with Crippen LogP contribution in [0.5, 0.6) is 0 Å². The molecule has 3 aromatic rings. The first-order valence-electron chi connectivity index (χ1n) is 7.83. The standard InChI is InChI=1S/C18H20N4OS/c1-13(12-23)20-18-21-16(14-6-3-2-4-7-14)10-17(22-18)19-11-15-8-5-9-24-15/h2-10,13,23H,11-12H2,1H3,(H2,19,20,21,22)/t13-/m0/s1. The van der Waals surface area contributed by atoms with Crippen LogP contribution in [0.15, 0.2) is 53.9 Å². The second-order valence-electron chi connectivity index (χ2n) is 5.49. The van der Waals surface area contributed by atoms with Crippen molar-refractivity contribution in [1.82, 2.24) is 9.97 Å². The van der Waals surface area contributed by atoms with Crippen molar-refractivity contribution >= 4 is 23.1 Å². The Bertz CT molecular complexity index is 762. The van der Waals surface area contributed by atoms with Gasteiger partial charge in [-0.05, 0) is 18.4 Å². The predicted octanol–water partition coefficient (Wildman–Crippen LogP) is 3.61. The Labute approximate surface area is 145 Å². The molecular weight excluding hydrogens is 320 g/mol. The number of hydrogen-bond acceptors (Lipinski definition) is 6. The fraction of sp³-hybridized carbons (Fsp3) is 0.222. The summed E-state index contributed by atoms with van der Waals surface area (Å²) in [6, 6.07) is 15.9. The Kier molecular flexibility index (Phi) is 5.40. The molecule has 6 heteroatoms. The number of aliphatic hydroxyl groups is 1. The Morgan fingerprint density at radius 2 is 1.96 bits per heavy atom. The molecule has 0 spiro atoms. The first kappa shape index (κ1) is 16.4. The lowest BCUT2D eigenvalue weighted by Gasteiger charge is -2.14. The highest BCUT2D eigenvalue weighted by atomic mass is 32.1. The molecule has 0 aliphatic rings. The van der Waals surface area contributed by atoms with Crippen molar-refractivity contribution in [2.24, 2.45) is 0 Å². The number of aromatic nitrogens is 2. The lowest BCUT2D eigenvalue weighted by molar-refractivity contribution is 0.281. The SMILES string of the molecule is C[C@@H](CO)Nc1nc(NCc2cccs2)cc(-c2ccccc2)n1. The zero-order chi connectivity index (χ0) is 16.8. The molecule has 3 N–H and O–H groups in total. The van der Waals surface area contributed by atoms with Gasteiger partial charge in [-0.3, -0.25) is 0 Å². The molecule has 5 nitrogen and oxygen atoms in total. The number of thiophene rings is 1. The van der Waals surface area contributed by atoms with Gasteiger partial charge in [-0.15, -0.1) is 11.3 Å². The van der Waals surface area contributed by atoms with Crippen molar-refractivity contribution < 1.29 is 5.11 Å². The van der Waals surface area contributed by atoms with Gasteiger partial charge >= 0.3 is 0 Å². The van der Waals surface area contributed by atoms with E-state index in [4.69, 9.17) is 0 Å². The quantitative estimate of drug-likeness (QED) is 0.613. The highest BCUT2D eigenvalue weighted by Crippen LogP contribution is 2.22. The monoisotopic (exact) mass is 340 g/mol. The Morgan fingerprint density at radius 3 is 2.67 bits per heavy atom. The number of aliphatic hydroxyl groups excluding tert-OH is 1. The van der Waals surface area contributed by atoms with Crippen molar-refractivity contribution in [1.29, 1.82) is 0 Å². The van der Waals surface area contributed by atoms with Crippen LogP contribution in [0.3, 0.4) is 0 Å². The molecule has 2 heterocycles. The summed E-state index contributed by atoms with van der Waals surface area (Å²) in [6.45, 7) is 2.63. The summed E-state index contributed by atoms with van der Waals surface area (Å²) < 4.78 is 0. The average Bonchev–Trinajstić information content (AvgIpc) is 3.14. The molecule has 0 radical (unpaired) electrons. The van der Waals surface area contributed by atoms with E-state index in [1.165, 1.54) is 4.88 Å². The summed E-state index contributed by atoms with van der Waals surface area (Å²) in [5.41, 5.74) is 1.87. The van der Waals surface area contributed by atoms with Crippen LogP contribution in [0.4, 0.5) is 11.8 Å². The van der Waals surface area contributed by atoms with Gasteiger partial charge in [0.2, 0.25) is 5.95 Å². The van der Waals surface area contributed by atoms with Crippen LogP contribution in [0.1, 0.15) is 11.8 Å². The number of hydrogen-bond donors (Lipinski definition) is 3. The summed E-state index contributed by atoms with van der Waals surface area (Å²) in [4.78, 5) is 10.3. The summed E-state index contributed by atoms with van der Waals surface area (Å²) in [7, 11) is 0. The lowest BCUT2D eigenvalue weighted by atomic mass is 10.1. The zero-order valence-electron chi connectivity index (χ0n) is 13.4. The molecule has 0 aliphatic heterocycles. The smallest absolute Gasteiger partial charge is 0.225 e. The van der Waals surface area contributed by atoms with Gasteiger partial charge < -0.3 is 15.7 Å². The van der Waals surface area contributed by atoms with Crippen molar-refractivity contribution in [2.45, 2.75) is 19.5 Å². The third-order valence-electron chi connectivity index (χ3n) is 3.47. The summed E-state index contributed by atoms with van der Waals surface area (Å²) in [5.74, 6) is 1.26. The lowest BCUT2D eigenvalue weighted by Crippen LogP contribution is -2.21. The van der Waals surface area contributed by atoms with Gasteiger partial charge in [-0.2, -0.15) is 4.98 Å². The zero-order valence-corrected chi connectivity index (χ0v) is 14.3. The van der Waals surface area contributed by atoms with E-state index in [0.717, 1.165) is 23.6 Å². The van der Waals surface area contributed by atoms with E-state index >= 15 is 0 Å². The van der Waals surface area contributed by atoms with Crippen molar-refractivity contribution in [3.05, 3.63) is 58.8 Å². The van der Waals surface area contributed by atoms with E-state index in [1.54, 1.807) is 11.3 Å². The molecule has 0 fully saturated rings. The van der Waals surface area contributed by atoms with Crippen molar-refractivity contribution in [2.75, 3.05) is 17.2 Å². The first-order chi connectivity index (χ1) is 11.7. The molecule has 0 amide bonds. The molecule has 0 unspecified atom stereocenters. The fourth-order valence-corrected chi connectivity index (χ4v) is 2.86. The van der Waals surface area contributed by atoms with E-state index in [-0.39, 0.29) is 12.6 Å². The van der Waals surface area contributed by atoms with Crippen LogP contribution in [0.25, 0.3) is 11.3 Å². The maximum atomic E-state index is 9.25. The first-order valence-corrected chi connectivity index (χ1v) is 8.70. The Balaban J connectivity index is 1.87. The minimum atomic E-state index is -0.110. The number of nitrogens with one attached hydrogen (secondary N) is 2. The molecule has 1 atom stereocenters. The largest absolute Gasteiger partial charge is 0.394 e. The third-order valence-corrected chi connectivity index (χ3v) is 4.35. The van der Waals surface area contributed by atoms with Crippen LogP contribution in [0, 0.1) is 0 Å². The number of anilines is 2. The van der Waals surface area contributed by atoms with E-state index in [2.05, 4.69) is 32.0 Å². The van der Waals surface area contributed by atoms with E-state index in [0.29, 0.717) is 5.95 Å². The molecule has 24 heavy (non-hydrogen) atoms. The Morgan fingerprint density at radius 1 is 1.12 bits per heavy atom. The van der Waals surface area contributed by atoms with Gasteiger partial charge in [0, 0.05) is 22.5 Å². The average molecular weight is 340 g/mol. The molecule has 124 valence electrons. The summed E-state index contributed by atoms with van der Waals surface area (Å²) in [6.07, 6.45) is 0. The topological polar surface area (TPSA) is 70.1 Å². The second kappa shape index (κ2) is 7.90. The van der Waals surface area contributed by atoms with Crippen LogP contribution < -0.4 is 10.6 Å². The van der Waals surface area contributed by atoms with Gasteiger partial charge in [0.05, 0.1) is 18.8 Å². The maximum absolute atomic E-state index is 9.25. The van der Waals surface area contributed by atoms with Gasteiger partial charge in [0.25, 0.3) is 0 Å². The van der Waals surface area contributed by atoms with Gasteiger partial charge in [-0.1, -0.05) is 36.4 Å². The minimum absolute atomic E-state index is 0.0247. The van der Waals surface area contributed by atoms with Crippen LogP contribution in [-0.2, 0) is 6.54 Å². The molecule has 0 bridgehead atoms. The number of rotatable bonds is 7. The van der Waals surface area contributed by atoms with Crippen LogP contribution >= 0.6 is 11.3 Å².